The van der Waals surface area contributed by atoms with Gasteiger partial charge in [0.2, 0.25) is 0 Å². The monoisotopic (exact) mass is 390 g/mol. The van der Waals surface area contributed by atoms with Gasteiger partial charge in [0, 0.05) is 38.3 Å². The Morgan fingerprint density at radius 3 is 2.63 bits per heavy atom. The second-order valence-electron chi connectivity index (χ2n) is 6.77. The number of hydrogen-bond acceptors (Lipinski definition) is 4. The maximum atomic E-state index is 13.4. The molecule has 0 saturated carbocycles. The quantitative estimate of drug-likeness (QED) is 0.805. The SMILES string of the molecule is O=C1C2CN(Cc3cc(F)cc(F)c3)CCC2=NN1Cc1ccc(Cl)cn1. The molecule has 1 unspecified atom stereocenters. The summed E-state index contributed by atoms with van der Waals surface area (Å²) in [7, 11) is 0. The van der Waals surface area contributed by atoms with Crippen molar-refractivity contribution in [3.8, 4) is 0 Å². The fourth-order valence-corrected chi connectivity index (χ4v) is 3.61. The smallest absolute Gasteiger partial charge is 0.253 e. The van der Waals surface area contributed by atoms with Crippen molar-refractivity contribution in [2.75, 3.05) is 13.1 Å². The number of amides is 1. The third kappa shape index (κ3) is 3.99. The van der Waals surface area contributed by atoms with Crippen LogP contribution in [0.2, 0.25) is 5.02 Å². The van der Waals surface area contributed by atoms with E-state index in [9.17, 15) is 13.6 Å². The van der Waals surface area contributed by atoms with Gasteiger partial charge in [-0.1, -0.05) is 11.6 Å². The maximum Gasteiger partial charge on any atom is 0.253 e. The van der Waals surface area contributed by atoms with E-state index in [4.69, 9.17) is 11.6 Å². The van der Waals surface area contributed by atoms with Gasteiger partial charge in [-0.3, -0.25) is 14.7 Å². The number of hydrazone groups is 1. The Labute approximate surface area is 160 Å². The van der Waals surface area contributed by atoms with Crippen molar-refractivity contribution >= 4 is 23.2 Å². The number of benzene rings is 1. The number of nitrogens with zero attached hydrogens (tertiary/aromatic N) is 4. The molecule has 1 amide bonds. The molecule has 0 aliphatic carbocycles. The molecule has 0 bridgehead atoms. The van der Waals surface area contributed by atoms with Crippen molar-refractivity contribution in [3.05, 3.63) is 64.4 Å². The summed E-state index contributed by atoms with van der Waals surface area (Å²) in [4.78, 5) is 19.0. The molecule has 2 aliphatic rings. The molecule has 1 fully saturated rings. The van der Waals surface area contributed by atoms with E-state index in [1.807, 2.05) is 4.90 Å². The Kier molecular flexibility index (Phi) is 4.88. The molecular weight excluding hydrogens is 374 g/mol. The number of carbonyl (C=O) groups excluding carboxylic acids is 1. The van der Waals surface area contributed by atoms with Crippen molar-refractivity contribution in [2.24, 2.45) is 11.0 Å². The number of likely N-dealkylation sites (tertiary alicyclic amines) is 1. The van der Waals surface area contributed by atoms with Gasteiger partial charge < -0.3 is 0 Å². The first-order chi connectivity index (χ1) is 13.0. The van der Waals surface area contributed by atoms with Gasteiger partial charge >= 0.3 is 0 Å². The van der Waals surface area contributed by atoms with Crippen molar-refractivity contribution < 1.29 is 13.6 Å². The number of rotatable bonds is 4. The van der Waals surface area contributed by atoms with E-state index in [2.05, 4.69) is 10.1 Å². The lowest BCUT2D eigenvalue weighted by Crippen LogP contribution is -2.43. The van der Waals surface area contributed by atoms with Gasteiger partial charge in [0.15, 0.2) is 0 Å². The second kappa shape index (κ2) is 7.32. The third-order valence-electron chi connectivity index (χ3n) is 4.76. The number of piperidine rings is 1. The first-order valence-corrected chi connectivity index (χ1v) is 9.02. The predicted molar refractivity (Wildman–Crippen MR) is 97.0 cm³/mol. The Bertz CT molecular complexity index is 883. The van der Waals surface area contributed by atoms with Crippen molar-refractivity contribution in [2.45, 2.75) is 19.5 Å². The molecule has 140 valence electrons. The van der Waals surface area contributed by atoms with Crippen molar-refractivity contribution in [1.29, 1.82) is 0 Å². The zero-order valence-corrected chi connectivity index (χ0v) is 15.2. The van der Waals surface area contributed by atoms with Gasteiger partial charge in [0.05, 0.1) is 28.9 Å². The van der Waals surface area contributed by atoms with Crippen LogP contribution in [0.25, 0.3) is 0 Å². The minimum atomic E-state index is -0.595. The molecule has 0 spiro atoms. The molecule has 1 saturated heterocycles. The molecule has 4 rings (SSSR count). The van der Waals surface area contributed by atoms with E-state index in [0.717, 1.165) is 11.8 Å². The summed E-state index contributed by atoms with van der Waals surface area (Å²) in [6.45, 7) is 1.86. The number of carbonyl (C=O) groups is 1. The highest BCUT2D eigenvalue weighted by molar-refractivity contribution is 6.30. The van der Waals surface area contributed by atoms with Crippen LogP contribution in [0.3, 0.4) is 0 Å². The summed E-state index contributed by atoms with van der Waals surface area (Å²) in [6, 6.07) is 6.99. The van der Waals surface area contributed by atoms with Crippen molar-refractivity contribution in [3.63, 3.8) is 0 Å². The average Bonchev–Trinajstić information content (AvgIpc) is 2.92. The lowest BCUT2D eigenvalue weighted by atomic mass is 9.95. The first-order valence-electron chi connectivity index (χ1n) is 8.64. The van der Waals surface area contributed by atoms with Crippen LogP contribution in [0.5, 0.6) is 0 Å². The number of hydrogen-bond donors (Lipinski definition) is 0. The van der Waals surface area contributed by atoms with Crippen LogP contribution in [-0.2, 0) is 17.9 Å². The fourth-order valence-electron chi connectivity index (χ4n) is 3.50. The number of halogens is 3. The molecule has 1 aromatic heterocycles. The van der Waals surface area contributed by atoms with Gasteiger partial charge in [-0.2, -0.15) is 5.10 Å². The summed E-state index contributed by atoms with van der Waals surface area (Å²) in [5.41, 5.74) is 2.12. The lowest BCUT2D eigenvalue weighted by Gasteiger charge is -2.30. The molecule has 8 heteroatoms. The highest BCUT2D eigenvalue weighted by Gasteiger charge is 2.39. The van der Waals surface area contributed by atoms with Crippen molar-refractivity contribution in [1.82, 2.24) is 14.9 Å². The third-order valence-corrected chi connectivity index (χ3v) is 4.98. The van der Waals surface area contributed by atoms with Gasteiger partial charge in [-0.05, 0) is 29.8 Å². The zero-order chi connectivity index (χ0) is 19.0. The van der Waals surface area contributed by atoms with Crippen LogP contribution in [0.15, 0.2) is 41.6 Å². The normalized spacial score (nSPS) is 20.0. The summed E-state index contributed by atoms with van der Waals surface area (Å²) in [5, 5.41) is 6.44. The number of fused-ring (bicyclic) bond motifs is 1. The standard InChI is InChI=1S/C19H17ClF2N4O/c20-13-1-2-16(23-8-13)10-26-19(27)17-11-25(4-3-18(17)24-26)9-12-5-14(21)7-15(22)6-12/h1-2,5-8,17H,3-4,9-11H2. The molecule has 5 nitrogen and oxygen atoms in total. The second-order valence-corrected chi connectivity index (χ2v) is 7.21. The minimum Gasteiger partial charge on any atom is -0.298 e. The highest BCUT2D eigenvalue weighted by Crippen LogP contribution is 2.26. The summed E-state index contributed by atoms with van der Waals surface area (Å²) in [5.74, 6) is -1.58. The van der Waals surface area contributed by atoms with Gasteiger partial charge in [0.1, 0.15) is 11.6 Å². The molecule has 2 aliphatic heterocycles. The summed E-state index contributed by atoms with van der Waals surface area (Å²) in [6.07, 6.45) is 2.19. The van der Waals surface area contributed by atoms with E-state index in [-0.39, 0.29) is 11.8 Å². The molecule has 3 heterocycles. The average molecular weight is 391 g/mol. The molecule has 27 heavy (non-hydrogen) atoms. The Morgan fingerprint density at radius 2 is 1.93 bits per heavy atom. The summed E-state index contributed by atoms with van der Waals surface area (Å²) < 4.78 is 26.8. The molecular formula is C19H17ClF2N4O. The van der Waals surface area contributed by atoms with E-state index in [1.54, 1.807) is 12.1 Å². The van der Waals surface area contributed by atoms with Crippen LogP contribution >= 0.6 is 11.6 Å². The molecule has 1 atom stereocenters. The van der Waals surface area contributed by atoms with Crippen LogP contribution in [0.4, 0.5) is 8.78 Å². The van der Waals surface area contributed by atoms with Crippen LogP contribution in [0.1, 0.15) is 17.7 Å². The molecule has 0 radical (unpaired) electrons. The maximum absolute atomic E-state index is 13.4. The van der Waals surface area contributed by atoms with E-state index >= 15 is 0 Å². The minimum absolute atomic E-state index is 0.0723. The molecule has 0 N–H and O–H groups in total. The molecule has 1 aromatic carbocycles. The largest absolute Gasteiger partial charge is 0.298 e. The van der Waals surface area contributed by atoms with Gasteiger partial charge in [-0.25, -0.2) is 13.8 Å². The Hall–Kier alpha value is -2.38. The van der Waals surface area contributed by atoms with Crippen LogP contribution < -0.4 is 0 Å². The number of pyridine rings is 1. The number of aromatic nitrogens is 1. The Balaban J connectivity index is 1.42. The Morgan fingerprint density at radius 1 is 1.15 bits per heavy atom. The predicted octanol–water partition coefficient (Wildman–Crippen LogP) is 3.23. The van der Waals surface area contributed by atoms with E-state index in [0.29, 0.717) is 48.9 Å². The fraction of sp³-hybridized carbons (Fsp3) is 0.316. The van der Waals surface area contributed by atoms with E-state index < -0.39 is 11.6 Å². The zero-order valence-electron chi connectivity index (χ0n) is 14.4. The lowest BCUT2D eigenvalue weighted by molar-refractivity contribution is -0.133. The van der Waals surface area contributed by atoms with Gasteiger partial charge in [0.25, 0.3) is 5.91 Å². The van der Waals surface area contributed by atoms with Gasteiger partial charge in [-0.15, -0.1) is 0 Å². The molecule has 2 aromatic rings. The van der Waals surface area contributed by atoms with E-state index in [1.165, 1.54) is 23.3 Å². The first kappa shape index (κ1) is 18.0. The van der Waals surface area contributed by atoms with Crippen LogP contribution in [-0.4, -0.2) is 39.6 Å². The summed E-state index contributed by atoms with van der Waals surface area (Å²) >= 11 is 5.84. The highest BCUT2D eigenvalue weighted by atomic mass is 35.5. The topological polar surface area (TPSA) is 48.8 Å². The van der Waals surface area contributed by atoms with Crippen LogP contribution in [0, 0.1) is 17.6 Å².